The molecule has 30 heavy (non-hydrogen) atoms. The van der Waals surface area contributed by atoms with Crippen molar-refractivity contribution in [1.82, 2.24) is 4.90 Å². The van der Waals surface area contributed by atoms with E-state index < -0.39 is 5.60 Å². The van der Waals surface area contributed by atoms with Gasteiger partial charge in [0.05, 0.1) is 17.2 Å². The van der Waals surface area contributed by atoms with Crippen molar-refractivity contribution >= 4 is 24.2 Å². The summed E-state index contributed by atoms with van der Waals surface area (Å²) in [5.41, 5.74) is 2.32. The summed E-state index contributed by atoms with van der Waals surface area (Å²) in [4.78, 5) is 14.6. The predicted molar refractivity (Wildman–Crippen MR) is 120 cm³/mol. The first-order valence-corrected chi connectivity index (χ1v) is 11.0. The molecule has 0 spiro atoms. The number of benzene rings is 1. The van der Waals surface area contributed by atoms with Gasteiger partial charge in [-0.2, -0.15) is 0 Å². The smallest absolute Gasteiger partial charge is 0.444 e. The largest absolute Gasteiger partial charge is 0.494 e. The van der Waals surface area contributed by atoms with Gasteiger partial charge < -0.3 is 14.0 Å². The fourth-order valence-electron chi connectivity index (χ4n) is 4.51. The van der Waals surface area contributed by atoms with E-state index in [0.29, 0.717) is 0 Å². The maximum atomic E-state index is 12.7. The minimum absolute atomic E-state index is 0.106. The maximum Gasteiger partial charge on any atom is 0.494 e. The zero-order chi connectivity index (χ0) is 21.9. The average molecular weight is 411 g/mol. The molecule has 162 valence electrons. The number of carbonyl (C=O) groups excluding carboxylic acids is 1. The highest BCUT2D eigenvalue weighted by atomic mass is 16.7. The van der Waals surface area contributed by atoms with Crippen molar-refractivity contribution in [2.24, 2.45) is 0 Å². The van der Waals surface area contributed by atoms with Gasteiger partial charge in [0.25, 0.3) is 0 Å². The van der Waals surface area contributed by atoms with Gasteiger partial charge >= 0.3 is 13.2 Å². The van der Waals surface area contributed by atoms with Gasteiger partial charge in [0.1, 0.15) is 5.60 Å². The third kappa shape index (κ3) is 3.92. The van der Waals surface area contributed by atoms with Crippen molar-refractivity contribution in [2.45, 2.75) is 96.6 Å². The molecule has 4 rings (SSSR count). The van der Waals surface area contributed by atoms with Crippen molar-refractivity contribution in [3.8, 4) is 0 Å². The molecule has 2 atom stereocenters. The van der Waals surface area contributed by atoms with Crippen LogP contribution in [-0.4, -0.2) is 47.0 Å². The summed E-state index contributed by atoms with van der Waals surface area (Å²) < 4.78 is 18.1. The van der Waals surface area contributed by atoms with E-state index in [9.17, 15) is 4.79 Å². The van der Waals surface area contributed by atoms with Gasteiger partial charge in [-0.15, -0.1) is 0 Å². The summed E-state index contributed by atoms with van der Waals surface area (Å²) in [6.07, 6.45) is 4.90. The van der Waals surface area contributed by atoms with E-state index in [2.05, 4.69) is 58.0 Å². The van der Waals surface area contributed by atoms with E-state index in [1.807, 2.05) is 25.7 Å². The van der Waals surface area contributed by atoms with Gasteiger partial charge in [0.2, 0.25) is 0 Å². The van der Waals surface area contributed by atoms with Crippen LogP contribution in [0, 0.1) is 0 Å². The van der Waals surface area contributed by atoms with Gasteiger partial charge in [-0.3, -0.25) is 4.90 Å². The summed E-state index contributed by atoms with van der Waals surface area (Å²) >= 11 is 0. The summed E-state index contributed by atoms with van der Waals surface area (Å²) in [7, 11) is -0.367. The van der Waals surface area contributed by atoms with Gasteiger partial charge in [-0.1, -0.05) is 30.3 Å². The van der Waals surface area contributed by atoms with Crippen molar-refractivity contribution in [1.29, 1.82) is 0 Å². The van der Waals surface area contributed by atoms with Crippen LogP contribution in [0.1, 0.15) is 73.3 Å². The molecule has 0 aromatic heterocycles. The molecule has 2 unspecified atom stereocenters. The monoisotopic (exact) mass is 411 g/mol. The molecule has 3 aliphatic rings. The Labute approximate surface area is 180 Å². The highest BCUT2D eigenvalue weighted by Gasteiger charge is 2.51. The third-order valence-electron chi connectivity index (χ3n) is 6.78. The van der Waals surface area contributed by atoms with Gasteiger partial charge in [-0.05, 0) is 84.3 Å². The van der Waals surface area contributed by atoms with Crippen LogP contribution < -0.4 is 5.46 Å². The van der Waals surface area contributed by atoms with Gasteiger partial charge in [0.15, 0.2) is 0 Å². The molecule has 3 aliphatic heterocycles. The van der Waals surface area contributed by atoms with E-state index in [0.717, 1.165) is 24.7 Å². The van der Waals surface area contributed by atoms with E-state index in [4.69, 9.17) is 14.0 Å². The van der Waals surface area contributed by atoms with E-state index in [1.54, 1.807) is 0 Å². The van der Waals surface area contributed by atoms with Crippen LogP contribution in [0.3, 0.4) is 0 Å². The topological polar surface area (TPSA) is 48.0 Å². The number of fused-ring (bicyclic) bond motifs is 2. The highest BCUT2D eigenvalue weighted by Crippen LogP contribution is 2.40. The Kier molecular flexibility index (Phi) is 5.10. The lowest BCUT2D eigenvalue weighted by Crippen LogP contribution is -2.45. The lowest BCUT2D eigenvalue weighted by Gasteiger charge is -2.35. The molecule has 2 saturated heterocycles. The Bertz CT molecular complexity index is 854. The number of nitrogens with zero attached hydrogens (tertiary/aromatic N) is 1. The predicted octanol–water partition coefficient (Wildman–Crippen LogP) is 4.54. The number of rotatable bonds is 2. The molecule has 0 N–H and O–H groups in total. The Morgan fingerprint density at radius 1 is 1.13 bits per heavy atom. The minimum Gasteiger partial charge on any atom is -0.444 e. The summed E-state index contributed by atoms with van der Waals surface area (Å²) in [5, 5.41) is 0. The molecule has 2 fully saturated rings. The van der Waals surface area contributed by atoms with Crippen LogP contribution in [0.15, 0.2) is 30.3 Å². The minimum atomic E-state index is -0.475. The molecular formula is C24H34BNO4. The van der Waals surface area contributed by atoms with Crippen LogP contribution in [-0.2, 0) is 14.0 Å². The Balaban J connectivity index is 1.55. The van der Waals surface area contributed by atoms with Gasteiger partial charge in [-0.25, -0.2) is 4.79 Å². The standard InChI is InChI=1S/C24H34BNO4/c1-22(2,3)28-21(27)26-19-11-12-20(26)15-17(14-19)16-9-8-10-18(13-16)25-29-23(4,5)24(6,7)30-25/h8-10,13-14,19-20H,11-12,15H2,1-7H3. The second-order valence-electron chi connectivity index (χ2n) is 10.8. The van der Waals surface area contributed by atoms with Gasteiger partial charge in [0, 0.05) is 6.04 Å². The molecule has 2 bridgehead atoms. The van der Waals surface area contributed by atoms with Crippen LogP contribution in [0.25, 0.3) is 5.57 Å². The maximum absolute atomic E-state index is 12.7. The third-order valence-corrected chi connectivity index (χ3v) is 6.78. The van der Waals surface area contributed by atoms with Crippen LogP contribution in [0.4, 0.5) is 4.79 Å². The fourth-order valence-corrected chi connectivity index (χ4v) is 4.51. The molecule has 0 radical (unpaired) electrons. The highest BCUT2D eigenvalue weighted by molar-refractivity contribution is 6.62. The zero-order valence-electron chi connectivity index (χ0n) is 19.3. The molecule has 1 aromatic carbocycles. The first kappa shape index (κ1) is 21.4. The molecule has 5 nitrogen and oxygen atoms in total. The van der Waals surface area contributed by atoms with Crippen LogP contribution >= 0.6 is 0 Å². The normalized spacial score (nSPS) is 27.2. The number of carbonyl (C=O) groups is 1. The Morgan fingerprint density at radius 3 is 2.40 bits per heavy atom. The molecule has 3 heterocycles. The molecule has 1 amide bonds. The second-order valence-corrected chi connectivity index (χ2v) is 10.8. The molecule has 1 aromatic rings. The number of hydrogen-bond donors (Lipinski definition) is 0. The number of hydrogen-bond acceptors (Lipinski definition) is 4. The lowest BCUT2D eigenvalue weighted by atomic mass is 9.77. The van der Waals surface area contributed by atoms with E-state index in [-0.39, 0.29) is 36.5 Å². The Hall–Kier alpha value is -1.79. The summed E-state index contributed by atoms with van der Waals surface area (Å²) in [6, 6.07) is 8.76. The first-order valence-electron chi connectivity index (χ1n) is 11.0. The van der Waals surface area contributed by atoms with Crippen LogP contribution in [0.5, 0.6) is 0 Å². The van der Waals surface area contributed by atoms with Crippen molar-refractivity contribution in [3.05, 3.63) is 35.9 Å². The molecule has 0 saturated carbocycles. The van der Waals surface area contributed by atoms with Crippen molar-refractivity contribution in [2.75, 3.05) is 0 Å². The number of ether oxygens (including phenoxy) is 1. The lowest BCUT2D eigenvalue weighted by molar-refractivity contribution is 0.00578. The summed E-state index contributed by atoms with van der Waals surface area (Å²) in [6.45, 7) is 14.0. The quantitative estimate of drug-likeness (QED) is 0.671. The van der Waals surface area contributed by atoms with E-state index in [1.165, 1.54) is 11.1 Å². The average Bonchev–Trinajstić information content (AvgIpc) is 3.02. The molecule has 6 heteroatoms. The van der Waals surface area contributed by atoms with Crippen molar-refractivity contribution in [3.63, 3.8) is 0 Å². The molecule has 0 aliphatic carbocycles. The number of amides is 1. The SMILES string of the molecule is CC(C)(C)OC(=O)N1C2C=C(c3cccc(B4OC(C)(C)C(C)(C)O4)c3)CC1CC2. The first-order chi connectivity index (χ1) is 13.9. The summed E-state index contributed by atoms with van der Waals surface area (Å²) in [5.74, 6) is 0. The van der Waals surface area contributed by atoms with Crippen molar-refractivity contribution < 1.29 is 18.8 Å². The zero-order valence-corrected chi connectivity index (χ0v) is 19.3. The second kappa shape index (κ2) is 7.13. The molecular weight excluding hydrogens is 377 g/mol. The Morgan fingerprint density at radius 2 is 1.80 bits per heavy atom. The van der Waals surface area contributed by atoms with Crippen LogP contribution in [0.2, 0.25) is 0 Å². The van der Waals surface area contributed by atoms with E-state index >= 15 is 0 Å². The fraction of sp³-hybridized carbons (Fsp3) is 0.625.